The van der Waals surface area contributed by atoms with Crippen LogP contribution in [0.15, 0.2) is 11.6 Å². The first-order valence-electron chi connectivity index (χ1n) is 6.31. The Bertz CT molecular complexity index is 338. The van der Waals surface area contributed by atoms with Gasteiger partial charge in [-0.25, -0.2) is 4.98 Å². The van der Waals surface area contributed by atoms with Gasteiger partial charge in [0.25, 0.3) is 0 Å². The fraction of sp³-hybridized carbons (Fsp3) is 0.769. The standard InChI is InChI=1S/C13H22N2OS/c1-12(2)3-5-13(16,6-4-12)10-14-9-11-15-7-8-17-11/h7-8,14,16H,3-6,9-10H2,1-2H3. The van der Waals surface area contributed by atoms with Gasteiger partial charge in [-0.1, -0.05) is 13.8 Å². The van der Waals surface area contributed by atoms with E-state index in [0.29, 0.717) is 12.0 Å². The summed E-state index contributed by atoms with van der Waals surface area (Å²) in [6, 6.07) is 0. The molecule has 3 nitrogen and oxygen atoms in total. The first-order chi connectivity index (χ1) is 7.99. The van der Waals surface area contributed by atoms with Gasteiger partial charge in [0.2, 0.25) is 0 Å². The van der Waals surface area contributed by atoms with E-state index in [0.717, 1.165) is 37.2 Å². The molecule has 0 atom stereocenters. The molecule has 0 aliphatic heterocycles. The zero-order valence-electron chi connectivity index (χ0n) is 10.7. The summed E-state index contributed by atoms with van der Waals surface area (Å²) in [4.78, 5) is 4.22. The summed E-state index contributed by atoms with van der Waals surface area (Å²) in [6.07, 6.45) is 5.86. The predicted octanol–water partition coefficient (Wildman–Crippen LogP) is 2.56. The van der Waals surface area contributed by atoms with Gasteiger partial charge in [0.05, 0.1) is 5.60 Å². The smallest absolute Gasteiger partial charge is 0.106 e. The van der Waals surface area contributed by atoms with E-state index in [1.54, 1.807) is 11.3 Å². The highest BCUT2D eigenvalue weighted by Gasteiger charge is 2.36. The van der Waals surface area contributed by atoms with Crippen LogP contribution in [0.3, 0.4) is 0 Å². The Hall–Kier alpha value is -0.450. The Balaban J connectivity index is 1.75. The summed E-state index contributed by atoms with van der Waals surface area (Å²) in [5, 5.41) is 16.8. The molecule has 2 rings (SSSR count). The monoisotopic (exact) mass is 254 g/mol. The molecule has 0 unspecified atom stereocenters. The second kappa shape index (κ2) is 5.04. The second-order valence-electron chi connectivity index (χ2n) is 5.92. The van der Waals surface area contributed by atoms with Gasteiger partial charge in [-0.3, -0.25) is 0 Å². The highest BCUT2D eigenvalue weighted by atomic mass is 32.1. The number of aromatic nitrogens is 1. The van der Waals surface area contributed by atoms with Crippen LogP contribution in [0.5, 0.6) is 0 Å². The van der Waals surface area contributed by atoms with Crippen molar-refractivity contribution in [3.05, 3.63) is 16.6 Å². The average Bonchev–Trinajstić information content (AvgIpc) is 2.77. The summed E-state index contributed by atoms with van der Waals surface area (Å²) >= 11 is 1.65. The number of hydrogen-bond acceptors (Lipinski definition) is 4. The van der Waals surface area contributed by atoms with E-state index in [2.05, 4.69) is 24.1 Å². The molecule has 4 heteroatoms. The maximum absolute atomic E-state index is 10.5. The summed E-state index contributed by atoms with van der Waals surface area (Å²) < 4.78 is 0. The van der Waals surface area contributed by atoms with Gasteiger partial charge in [-0.15, -0.1) is 11.3 Å². The molecule has 0 saturated heterocycles. The van der Waals surface area contributed by atoms with Crippen LogP contribution in [0, 0.1) is 5.41 Å². The van der Waals surface area contributed by atoms with Gasteiger partial charge >= 0.3 is 0 Å². The van der Waals surface area contributed by atoms with Crippen molar-refractivity contribution in [2.45, 2.75) is 51.7 Å². The third-order valence-electron chi connectivity index (χ3n) is 3.75. The molecule has 0 aromatic carbocycles. The number of hydrogen-bond donors (Lipinski definition) is 2. The predicted molar refractivity (Wildman–Crippen MR) is 71.0 cm³/mol. The van der Waals surface area contributed by atoms with Gasteiger partial charge in [0.15, 0.2) is 0 Å². The Morgan fingerprint density at radius 2 is 2.06 bits per heavy atom. The zero-order chi connectivity index (χ0) is 12.4. The van der Waals surface area contributed by atoms with Crippen LogP contribution < -0.4 is 5.32 Å². The highest BCUT2D eigenvalue weighted by Crippen LogP contribution is 2.39. The van der Waals surface area contributed by atoms with Gasteiger partial charge < -0.3 is 10.4 Å². The molecule has 1 fully saturated rings. The molecule has 1 aliphatic rings. The van der Waals surface area contributed by atoms with Gasteiger partial charge in [-0.05, 0) is 31.1 Å². The first kappa shape index (κ1) is 13.0. The lowest BCUT2D eigenvalue weighted by molar-refractivity contribution is -0.0245. The van der Waals surface area contributed by atoms with E-state index in [-0.39, 0.29) is 0 Å². The third kappa shape index (κ3) is 3.76. The Kier molecular flexibility index (Phi) is 3.85. The van der Waals surface area contributed by atoms with Crippen molar-refractivity contribution in [3.8, 4) is 0 Å². The molecule has 0 bridgehead atoms. The van der Waals surface area contributed by atoms with Crippen molar-refractivity contribution in [1.29, 1.82) is 0 Å². The Morgan fingerprint density at radius 3 is 2.65 bits per heavy atom. The van der Waals surface area contributed by atoms with Crippen LogP contribution in [0.2, 0.25) is 0 Å². The van der Waals surface area contributed by atoms with E-state index < -0.39 is 5.60 Å². The van der Waals surface area contributed by atoms with Crippen LogP contribution >= 0.6 is 11.3 Å². The van der Waals surface area contributed by atoms with E-state index in [1.807, 2.05) is 11.6 Å². The van der Waals surface area contributed by atoms with Crippen molar-refractivity contribution in [2.24, 2.45) is 5.41 Å². The molecule has 0 radical (unpaired) electrons. The van der Waals surface area contributed by atoms with Crippen LogP contribution in [-0.4, -0.2) is 22.2 Å². The fourth-order valence-electron chi connectivity index (χ4n) is 2.31. The Labute approximate surface area is 107 Å². The van der Waals surface area contributed by atoms with Gasteiger partial charge in [0.1, 0.15) is 5.01 Å². The van der Waals surface area contributed by atoms with E-state index in [4.69, 9.17) is 0 Å². The van der Waals surface area contributed by atoms with Gasteiger partial charge in [0, 0.05) is 24.7 Å². The minimum Gasteiger partial charge on any atom is -0.389 e. The minimum absolute atomic E-state index is 0.404. The first-order valence-corrected chi connectivity index (χ1v) is 7.19. The van der Waals surface area contributed by atoms with Crippen molar-refractivity contribution >= 4 is 11.3 Å². The molecule has 0 amide bonds. The fourth-order valence-corrected chi connectivity index (χ4v) is 2.90. The molecule has 1 heterocycles. The van der Waals surface area contributed by atoms with Crippen LogP contribution in [0.1, 0.15) is 44.5 Å². The number of aliphatic hydroxyl groups is 1. The number of nitrogens with zero attached hydrogens (tertiary/aromatic N) is 1. The molecule has 0 spiro atoms. The molecule has 1 aromatic heterocycles. The van der Waals surface area contributed by atoms with Crippen molar-refractivity contribution < 1.29 is 5.11 Å². The summed E-state index contributed by atoms with van der Waals surface area (Å²) in [5.74, 6) is 0. The summed E-state index contributed by atoms with van der Waals surface area (Å²) in [7, 11) is 0. The number of rotatable bonds is 4. The minimum atomic E-state index is -0.507. The third-order valence-corrected chi connectivity index (χ3v) is 4.53. The number of thiazole rings is 1. The summed E-state index contributed by atoms with van der Waals surface area (Å²) in [5.41, 5.74) is -0.103. The SMILES string of the molecule is CC1(C)CCC(O)(CNCc2nccs2)CC1. The van der Waals surface area contributed by atoms with Gasteiger partial charge in [-0.2, -0.15) is 0 Å². The van der Waals surface area contributed by atoms with E-state index in [1.165, 1.54) is 0 Å². The van der Waals surface area contributed by atoms with Crippen molar-refractivity contribution in [3.63, 3.8) is 0 Å². The zero-order valence-corrected chi connectivity index (χ0v) is 11.5. The van der Waals surface area contributed by atoms with E-state index in [9.17, 15) is 5.11 Å². The van der Waals surface area contributed by atoms with Crippen LogP contribution in [-0.2, 0) is 6.54 Å². The van der Waals surface area contributed by atoms with E-state index >= 15 is 0 Å². The lowest BCUT2D eigenvalue weighted by Gasteiger charge is -2.40. The van der Waals surface area contributed by atoms with Crippen molar-refractivity contribution in [1.82, 2.24) is 10.3 Å². The number of nitrogens with one attached hydrogen (secondary N) is 1. The van der Waals surface area contributed by atoms with Crippen LogP contribution in [0.4, 0.5) is 0 Å². The average molecular weight is 254 g/mol. The largest absolute Gasteiger partial charge is 0.389 e. The normalized spacial score (nSPS) is 22.5. The molecular weight excluding hydrogens is 232 g/mol. The summed E-state index contributed by atoms with van der Waals surface area (Å²) in [6.45, 7) is 6.02. The molecule has 1 saturated carbocycles. The van der Waals surface area contributed by atoms with Crippen LogP contribution in [0.25, 0.3) is 0 Å². The Morgan fingerprint density at radius 1 is 1.35 bits per heavy atom. The molecule has 2 N–H and O–H groups in total. The second-order valence-corrected chi connectivity index (χ2v) is 6.90. The highest BCUT2D eigenvalue weighted by molar-refractivity contribution is 7.09. The maximum atomic E-state index is 10.5. The quantitative estimate of drug-likeness (QED) is 0.868. The molecule has 1 aromatic rings. The maximum Gasteiger partial charge on any atom is 0.106 e. The molecule has 96 valence electrons. The lowest BCUT2D eigenvalue weighted by Crippen LogP contribution is -2.44. The lowest BCUT2D eigenvalue weighted by atomic mass is 9.71. The van der Waals surface area contributed by atoms with Crippen molar-refractivity contribution in [2.75, 3.05) is 6.54 Å². The topological polar surface area (TPSA) is 45.1 Å². The molecule has 17 heavy (non-hydrogen) atoms. The molecule has 1 aliphatic carbocycles. The molecular formula is C13H22N2OS.